The molecule has 1 aromatic heterocycles. The largest absolute Gasteiger partial charge is 0.488 e. The van der Waals surface area contributed by atoms with Gasteiger partial charge in [0.25, 0.3) is 0 Å². The van der Waals surface area contributed by atoms with Gasteiger partial charge in [0, 0.05) is 26.2 Å². The van der Waals surface area contributed by atoms with Gasteiger partial charge in [-0.1, -0.05) is 12.1 Å². The number of benzene rings is 1. The van der Waals surface area contributed by atoms with Crippen LogP contribution >= 0.6 is 0 Å². The van der Waals surface area contributed by atoms with Gasteiger partial charge in [-0.15, -0.1) is 0 Å². The van der Waals surface area contributed by atoms with Gasteiger partial charge in [-0.3, -0.25) is 10.00 Å². The summed E-state index contributed by atoms with van der Waals surface area (Å²) < 4.78 is 6.12. The van der Waals surface area contributed by atoms with Crippen molar-refractivity contribution < 1.29 is 9.53 Å². The summed E-state index contributed by atoms with van der Waals surface area (Å²) in [7, 11) is 0. The fourth-order valence-corrected chi connectivity index (χ4v) is 3.82. The van der Waals surface area contributed by atoms with Crippen molar-refractivity contribution in [3.63, 3.8) is 0 Å². The van der Waals surface area contributed by atoms with Crippen LogP contribution in [-0.4, -0.2) is 63.3 Å². The Labute approximate surface area is 165 Å². The standard InChI is InChI=1S/C20H28N6O2/c1-15-21-19(24-23-15)14-25-10-12-26(13-11-25)20(27)22-17-8-4-5-9-18(17)28-16-6-2-3-7-16/h4-5,8-9,16H,2-3,6-7,10-14H2,1H3,(H,22,27)(H,21,23,24). The Bertz CT molecular complexity index is 793. The number of H-pyrrole nitrogens is 1. The molecule has 0 atom stereocenters. The van der Waals surface area contributed by atoms with Gasteiger partial charge < -0.3 is 15.0 Å². The molecule has 8 nitrogen and oxygen atoms in total. The van der Waals surface area contributed by atoms with Crippen molar-refractivity contribution >= 4 is 11.7 Å². The molecule has 0 spiro atoms. The molecule has 1 aliphatic heterocycles. The maximum absolute atomic E-state index is 12.7. The highest BCUT2D eigenvalue weighted by Gasteiger charge is 2.23. The molecule has 2 amide bonds. The minimum atomic E-state index is -0.0733. The average Bonchev–Trinajstić information content (AvgIpc) is 3.35. The Kier molecular flexibility index (Phi) is 5.76. The van der Waals surface area contributed by atoms with Gasteiger partial charge in [-0.25, -0.2) is 9.78 Å². The van der Waals surface area contributed by atoms with Gasteiger partial charge in [0.15, 0.2) is 5.82 Å². The monoisotopic (exact) mass is 384 g/mol. The van der Waals surface area contributed by atoms with Gasteiger partial charge in [-0.05, 0) is 44.7 Å². The number of hydrogen-bond acceptors (Lipinski definition) is 5. The van der Waals surface area contributed by atoms with E-state index >= 15 is 0 Å². The zero-order valence-corrected chi connectivity index (χ0v) is 16.4. The predicted octanol–water partition coefficient (Wildman–Crippen LogP) is 2.78. The van der Waals surface area contributed by atoms with Gasteiger partial charge >= 0.3 is 6.03 Å². The van der Waals surface area contributed by atoms with Gasteiger partial charge in [0.1, 0.15) is 11.6 Å². The molecule has 28 heavy (non-hydrogen) atoms. The van der Waals surface area contributed by atoms with E-state index in [1.165, 1.54) is 12.8 Å². The Morgan fingerprint density at radius 1 is 1.21 bits per heavy atom. The summed E-state index contributed by atoms with van der Waals surface area (Å²) in [5, 5.41) is 10.1. The van der Waals surface area contributed by atoms with Crippen LogP contribution in [0.25, 0.3) is 0 Å². The average molecular weight is 384 g/mol. The quantitative estimate of drug-likeness (QED) is 0.828. The molecule has 1 saturated carbocycles. The van der Waals surface area contributed by atoms with Crippen LogP contribution in [0.1, 0.15) is 37.3 Å². The number of amides is 2. The fraction of sp³-hybridized carbons (Fsp3) is 0.550. The highest BCUT2D eigenvalue weighted by molar-refractivity contribution is 5.91. The number of ether oxygens (including phenoxy) is 1. The fourth-order valence-electron chi connectivity index (χ4n) is 3.82. The molecule has 0 radical (unpaired) electrons. The first-order valence-electron chi connectivity index (χ1n) is 10.1. The van der Waals surface area contributed by atoms with Crippen LogP contribution in [0, 0.1) is 6.92 Å². The number of piperazine rings is 1. The Morgan fingerprint density at radius 3 is 2.68 bits per heavy atom. The third-order valence-electron chi connectivity index (χ3n) is 5.39. The summed E-state index contributed by atoms with van der Waals surface area (Å²) in [5.74, 6) is 2.39. The van der Waals surface area contributed by atoms with Crippen molar-refractivity contribution in [1.82, 2.24) is 25.0 Å². The second kappa shape index (κ2) is 8.60. The van der Waals surface area contributed by atoms with Gasteiger partial charge in [-0.2, -0.15) is 5.10 Å². The number of nitrogens with zero attached hydrogens (tertiary/aromatic N) is 4. The van der Waals surface area contributed by atoms with Gasteiger partial charge in [0.05, 0.1) is 18.3 Å². The third kappa shape index (κ3) is 4.62. The summed E-state index contributed by atoms with van der Waals surface area (Å²) in [6, 6.07) is 7.64. The van der Waals surface area contributed by atoms with Crippen LogP contribution in [0.2, 0.25) is 0 Å². The summed E-state index contributed by atoms with van der Waals surface area (Å²) in [4.78, 5) is 21.2. The van der Waals surface area contributed by atoms with E-state index < -0.39 is 0 Å². The molecule has 8 heteroatoms. The summed E-state index contributed by atoms with van der Waals surface area (Å²) in [6.07, 6.45) is 4.89. The van der Waals surface area contributed by atoms with Crippen molar-refractivity contribution in [2.75, 3.05) is 31.5 Å². The van der Waals surface area contributed by atoms with E-state index in [2.05, 4.69) is 25.4 Å². The van der Waals surface area contributed by atoms with Crippen LogP contribution in [-0.2, 0) is 6.54 Å². The molecule has 1 aromatic carbocycles. The number of urea groups is 1. The third-order valence-corrected chi connectivity index (χ3v) is 5.39. The van der Waals surface area contributed by atoms with Crippen molar-refractivity contribution in [3.05, 3.63) is 35.9 Å². The molecule has 4 rings (SSSR count). The van der Waals surface area contributed by atoms with E-state index in [1.807, 2.05) is 36.1 Å². The van der Waals surface area contributed by atoms with Crippen LogP contribution < -0.4 is 10.1 Å². The number of para-hydroxylation sites is 2. The molecular weight excluding hydrogens is 356 g/mol. The molecule has 1 saturated heterocycles. The lowest BCUT2D eigenvalue weighted by Crippen LogP contribution is -2.49. The van der Waals surface area contributed by atoms with Crippen LogP contribution in [0.3, 0.4) is 0 Å². The number of carbonyl (C=O) groups excluding carboxylic acids is 1. The number of carbonyl (C=O) groups is 1. The maximum Gasteiger partial charge on any atom is 0.322 e. The lowest BCUT2D eigenvalue weighted by Gasteiger charge is -2.34. The number of aryl methyl sites for hydroxylation is 1. The number of rotatable bonds is 5. The van der Waals surface area contributed by atoms with Crippen molar-refractivity contribution in [2.45, 2.75) is 45.3 Å². The molecule has 2 aliphatic rings. The smallest absolute Gasteiger partial charge is 0.322 e. The number of hydrogen-bond donors (Lipinski definition) is 2. The molecule has 2 fully saturated rings. The van der Waals surface area contributed by atoms with E-state index in [4.69, 9.17) is 4.74 Å². The van der Waals surface area contributed by atoms with E-state index in [0.717, 1.165) is 49.0 Å². The summed E-state index contributed by atoms with van der Waals surface area (Å²) in [6.45, 7) is 5.58. The van der Waals surface area contributed by atoms with E-state index in [9.17, 15) is 4.79 Å². The normalized spacial score (nSPS) is 18.4. The van der Waals surface area contributed by atoms with E-state index in [-0.39, 0.29) is 12.1 Å². The Balaban J connectivity index is 1.30. The number of aromatic amines is 1. The van der Waals surface area contributed by atoms with Crippen molar-refractivity contribution in [2.24, 2.45) is 0 Å². The lowest BCUT2D eigenvalue weighted by atomic mass is 10.2. The van der Waals surface area contributed by atoms with E-state index in [0.29, 0.717) is 19.6 Å². The maximum atomic E-state index is 12.7. The topological polar surface area (TPSA) is 86.4 Å². The Hall–Kier alpha value is -2.61. The van der Waals surface area contributed by atoms with E-state index in [1.54, 1.807) is 0 Å². The lowest BCUT2D eigenvalue weighted by molar-refractivity contribution is 0.141. The second-order valence-corrected chi connectivity index (χ2v) is 7.55. The molecule has 2 N–H and O–H groups in total. The predicted molar refractivity (Wildman–Crippen MR) is 106 cm³/mol. The van der Waals surface area contributed by atoms with Crippen molar-refractivity contribution in [3.8, 4) is 5.75 Å². The van der Waals surface area contributed by atoms with Crippen molar-refractivity contribution in [1.29, 1.82) is 0 Å². The molecular formula is C20H28N6O2. The molecule has 150 valence electrons. The zero-order valence-electron chi connectivity index (χ0n) is 16.4. The number of anilines is 1. The number of nitrogens with one attached hydrogen (secondary N) is 2. The molecule has 0 unspecified atom stereocenters. The first-order valence-corrected chi connectivity index (χ1v) is 10.1. The molecule has 0 bridgehead atoms. The van der Waals surface area contributed by atoms with Crippen LogP contribution in [0.4, 0.5) is 10.5 Å². The second-order valence-electron chi connectivity index (χ2n) is 7.55. The number of aromatic nitrogens is 3. The molecule has 2 aromatic rings. The van der Waals surface area contributed by atoms with Gasteiger partial charge in [0.2, 0.25) is 0 Å². The minimum absolute atomic E-state index is 0.0733. The summed E-state index contributed by atoms with van der Waals surface area (Å²) in [5.41, 5.74) is 0.748. The Morgan fingerprint density at radius 2 is 1.96 bits per heavy atom. The molecule has 1 aliphatic carbocycles. The SMILES string of the molecule is Cc1nc(CN2CCN(C(=O)Nc3ccccc3OC3CCCC3)CC2)n[nH]1. The zero-order chi connectivity index (χ0) is 19.3. The first kappa shape index (κ1) is 18.7. The van der Waals surface area contributed by atoms with Crippen LogP contribution in [0.5, 0.6) is 5.75 Å². The first-order chi connectivity index (χ1) is 13.7. The van der Waals surface area contributed by atoms with Crippen LogP contribution in [0.15, 0.2) is 24.3 Å². The minimum Gasteiger partial charge on any atom is -0.488 e. The summed E-state index contributed by atoms with van der Waals surface area (Å²) >= 11 is 0. The highest BCUT2D eigenvalue weighted by atomic mass is 16.5. The molecule has 2 heterocycles. The highest BCUT2D eigenvalue weighted by Crippen LogP contribution is 2.30.